The Kier molecular flexibility index (Phi) is 4.16. The summed E-state index contributed by atoms with van der Waals surface area (Å²) >= 11 is 0. The van der Waals surface area contributed by atoms with E-state index in [0.29, 0.717) is 11.3 Å². The molecule has 0 aliphatic heterocycles. The number of hydrogen-bond donors (Lipinski definition) is 1. The van der Waals surface area contributed by atoms with Gasteiger partial charge in [-0.05, 0) is 36.4 Å². The summed E-state index contributed by atoms with van der Waals surface area (Å²) in [5, 5.41) is 2.68. The summed E-state index contributed by atoms with van der Waals surface area (Å²) in [6.07, 6.45) is 0. The molecule has 20 heavy (non-hydrogen) atoms. The van der Waals surface area contributed by atoms with Crippen LogP contribution >= 0.6 is 0 Å². The summed E-state index contributed by atoms with van der Waals surface area (Å²) in [5.41, 5.74) is 1.04. The van der Waals surface area contributed by atoms with Crippen LogP contribution in [-0.2, 0) is 14.3 Å². The monoisotopic (exact) mass is 291 g/mol. The molecular weight excluding hydrogens is 278 g/mol. The minimum absolute atomic E-state index is 0.0395. The van der Waals surface area contributed by atoms with E-state index in [1.165, 1.54) is 24.3 Å². The van der Waals surface area contributed by atoms with E-state index in [1.807, 2.05) is 6.07 Å². The van der Waals surface area contributed by atoms with Gasteiger partial charge in [0, 0.05) is 11.3 Å². The third-order valence-corrected chi connectivity index (χ3v) is 3.94. The Balaban J connectivity index is 2.14. The van der Waals surface area contributed by atoms with Crippen molar-refractivity contribution in [2.75, 3.05) is 12.4 Å². The van der Waals surface area contributed by atoms with Crippen molar-refractivity contribution in [1.82, 2.24) is 0 Å². The van der Waals surface area contributed by atoms with E-state index in [2.05, 4.69) is 9.50 Å². The Morgan fingerprint density at radius 1 is 1.00 bits per heavy atom. The number of anilines is 1. The maximum absolute atomic E-state index is 11.9. The molecule has 0 unspecified atom stereocenters. The fraction of sp³-hybridized carbons (Fsp3) is 0.0714. The number of benzene rings is 2. The summed E-state index contributed by atoms with van der Waals surface area (Å²) in [4.78, 5) is 11.9. The molecule has 0 aliphatic carbocycles. The van der Waals surface area contributed by atoms with Gasteiger partial charge in [-0.3, -0.25) is 8.98 Å². The van der Waals surface area contributed by atoms with Gasteiger partial charge in [0.15, 0.2) is 0 Å². The Morgan fingerprint density at radius 2 is 1.60 bits per heavy atom. The molecule has 2 aromatic rings. The van der Waals surface area contributed by atoms with Gasteiger partial charge >= 0.3 is 0 Å². The molecule has 0 bridgehead atoms. The average molecular weight is 291 g/mol. The molecule has 5 nitrogen and oxygen atoms in total. The van der Waals surface area contributed by atoms with Gasteiger partial charge in [0.25, 0.3) is 16.0 Å². The van der Waals surface area contributed by atoms with Gasteiger partial charge in [-0.15, -0.1) is 0 Å². The molecule has 0 spiro atoms. The topological polar surface area (TPSA) is 72.5 Å². The summed E-state index contributed by atoms with van der Waals surface area (Å²) in [6, 6.07) is 14.5. The van der Waals surface area contributed by atoms with Crippen LogP contribution in [0.1, 0.15) is 10.4 Å². The van der Waals surface area contributed by atoms with Crippen molar-refractivity contribution in [3.63, 3.8) is 0 Å². The smallest absolute Gasteiger partial charge is 0.296 e. The standard InChI is InChI=1S/C14H13NO4S/c1-19-20(17,18)13-9-7-12(8-10-13)15-14(16)11-5-3-2-4-6-11/h2-10H,1H3,(H,15,16). The molecule has 1 amide bonds. The number of nitrogens with one attached hydrogen (secondary N) is 1. The van der Waals surface area contributed by atoms with Crippen LogP contribution in [0.25, 0.3) is 0 Å². The lowest BCUT2D eigenvalue weighted by Crippen LogP contribution is -2.11. The molecule has 0 saturated carbocycles. The maximum Gasteiger partial charge on any atom is 0.296 e. The predicted octanol–water partition coefficient (Wildman–Crippen LogP) is 2.27. The normalized spacial score (nSPS) is 11.1. The lowest BCUT2D eigenvalue weighted by atomic mass is 10.2. The molecule has 0 atom stereocenters. The fourth-order valence-electron chi connectivity index (χ4n) is 1.59. The first kappa shape index (κ1) is 14.2. The number of carbonyl (C=O) groups excluding carboxylic acids is 1. The summed E-state index contributed by atoms with van der Waals surface area (Å²) < 4.78 is 27.3. The molecule has 0 heterocycles. The van der Waals surface area contributed by atoms with E-state index in [9.17, 15) is 13.2 Å². The van der Waals surface area contributed by atoms with Crippen molar-refractivity contribution in [2.24, 2.45) is 0 Å². The quantitative estimate of drug-likeness (QED) is 0.877. The highest BCUT2D eigenvalue weighted by molar-refractivity contribution is 7.86. The number of amides is 1. The molecule has 2 rings (SSSR count). The zero-order valence-electron chi connectivity index (χ0n) is 10.7. The first-order chi connectivity index (χ1) is 9.53. The van der Waals surface area contributed by atoms with E-state index < -0.39 is 10.1 Å². The maximum atomic E-state index is 11.9. The Hall–Kier alpha value is -2.18. The average Bonchev–Trinajstić information content (AvgIpc) is 2.48. The number of rotatable bonds is 4. The second-order valence-corrected chi connectivity index (χ2v) is 5.68. The van der Waals surface area contributed by atoms with Crippen LogP contribution in [0, 0.1) is 0 Å². The zero-order chi connectivity index (χ0) is 14.6. The zero-order valence-corrected chi connectivity index (χ0v) is 11.6. The van der Waals surface area contributed by atoms with Gasteiger partial charge in [0.1, 0.15) is 0 Å². The summed E-state index contributed by atoms with van der Waals surface area (Å²) in [6.45, 7) is 0. The van der Waals surface area contributed by atoms with Gasteiger partial charge < -0.3 is 5.32 Å². The van der Waals surface area contributed by atoms with Gasteiger partial charge in [0.2, 0.25) is 0 Å². The predicted molar refractivity (Wildman–Crippen MR) is 75.0 cm³/mol. The first-order valence-corrected chi connectivity index (χ1v) is 7.21. The first-order valence-electron chi connectivity index (χ1n) is 5.80. The second kappa shape index (κ2) is 5.85. The van der Waals surface area contributed by atoms with Crippen LogP contribution in [0.4, 0.5) is 5.69 Å². The van der Waals surface area contributed by atoms with Crippen LogP contribution in [0.2, 0.25) is 0 Å². The molecule has 0 saturated heterocycles. The van der Waals surface area contributed by atoms with Gasteiger partial charge in [-0.25, -0.2) is 0 Å². The SMILES string of the molecule is COS(=O)(=O)c1ccc(NC(=O)c2ccccc2)cc1. The molecule has 1 N–H and O–H groups in total. The van der Waals surface area contributed by atoms with Crippen molar-refractivity contribution in [2.45, 2.75) is 4.90 Å². The molecule has 0 radical (unpaired) electrons. The van der Waals surface area contributed by atoms with Crippen molar-refractivity contribution in [1.29, 1.82) is 0 Å². The Morgan fingerprint density at radius 3 is 2.15 bits per heavy atom. The molecule has 0 aliphatic rings. The second-order valence-electron chi connectivity index (χ2n) is 3.97. The van der Waals surface area contributed by atoms with Crippen molar-refractivity contribution < 1.29 is 17.4 Å². The van der Waals surface area contributed by atoms with E-state index in [-0.39, 0.29) is 10.8 Å². The van der Waals surface area contributed by atoms with E-state index in [1.54, 1.807) is 24.3 Å². The summed E-state index contributed by atoms with van der Waals surface area (Å²) in [5.74, 6) is -0.257. The number of carbonyl (C=O) groups is 1. The minimum Gasteiger partial charge on any atom is -0.322 e. The van der Waals surface area contributed by atoms with Crippen LogP contribution < -0.4 is 5.32 Å². The lowest BCUT2D eigenvalue weighted by Gasteiger charge is -2.06. The van der Waals surface area contributed by atoms with Crippen molar-refractivity contribution >= 4 is 21.7 Å². The third kappa shape index (κ3) is 3.23. The van der Waals surface area contributed by atoms with Crippen LogP contribution in [0.15, 0.2) is 59.5 Å². The molecule has 104 valence electrons. The Bertz CT molecular complexity index is 694. The fourth-order valence-corrected chi connectivity index (χ4v) is 2.26. The van der Waals surface area contributed by atoms with E-state index >= 15 is 0 Å². The van der Waals surface area contributed by atoms with Crippen LogP contribution in [-0.4, -0.2) is 21.4 Å². The van der Waals surface area contributed by atoms with Crippen LogP contribution in [0.5, 0.6) is 0 Å². The number of hydrogen-bond acceptors (Lipinski definition) is 4. The van der Waals surface area contributed by atoms with Gasteiger partial charge in [-0.2, -0.15) is 8.42 Å². The third-order valence-electron chi connectivity index (χ3n) is 2.66. The largest absolute Gasteiger partial charge is 0.322 e. The van der Waals surface area contributed by atoms with Crippen molar-refractivity contribution in [3.05, 3.63) is 60.2 Å². The molecule has 0 aromatic heterocycles. The highest BCUT2D eigenvalue weighted by Crippen LogP contribution is 2.16. The van der Waals surface area contributed by atoms with Crippen molar-refractivity contribution in [3.8, 4) is 0 Å². The minimum atomic E-state index is -3.71. The molecule has 2 aromatic carbocycles. The molecule has 0 fully saturated rings. The van der Waals surface area contributed by atoms with Crippen LogP contribution in [0.3, 0.4) is 0 Å². The lowest BCUT2D eigenvalue weighted by molar-refractivity contribution is 0.102. The van der Waals surface area contributed by atoms with Gasteiger partial charge in [-0.1, -0.05) is 18.2 Å². The summed E-state index contributed by atoms with van der Waals surface area (Å²) in [7, 11) is -2.61. The highest BCUT2D eigenvalue weighted by atomic mass is 32.2. The molecule has 6 heteroatoms. The Labute approximate surface area is 117 Å². The van der Waals surface area contributed by atoms with E-state index in [0.717, 1.165) is 7.11 Å². The van der Waals surface area contributed by atoms with Gasteiger partial charge in [0.05, 0.1) is 12.0 Å². The highest BCUT2D eigenvalue weighted by Gasteiger charge is 2.12. The molecular formula is C14H13NO4S. The van der Waals surface area contributed by atoms with E-state index in [4.69, 9.17) is 0 Å².